The van der Waals surface area contributed by atoms with Crippen LogP contribution in [-0.4, -0.2) is 27.1 Å². The third-order valence-corrected chi connectivity index (χ3v) is 3.25. The number of aryl methyl sites for hydroxylation is 2. The first-order valence-corrected chi connectivity index (χ1v) is 7.53. The van der Waals surface area contributed by atoms with E-state index in [1.807, 2.05) is 0 Å². The fraction of sp³-hybridized carbons (Fsp3) is 0.471. The highest BCUT2D eigenvalue weighted by Gasteiger charge is 2.01. The van der Waals surface area contributed by atoms with Gasteiger partial charge in [-0.05, 0) is 36.8 Å². The number of hydrogen-bond donors (Lipinski definition) is 1. The lowest BCUT2D eigenvalue weighted by Crippen LogP contribution is -2.25. The minimum atomic E-state index is -0.381. The van der Waals surface area contributed by atoms with Gasteiger partial charge in [-0.15, -0.1) is 0 Å². The van der Waals surface area contributed by atoms with Crippen LogP contribution >= 0.6 is 0 Å². The Kier molecular flexibility index (Phi) is 8.33. The van der Waals surface area contributed by atoms with Gasteiger partial charge in [0, 0.05) is 6.54 Å². The van der Waals surface area contributed by atoms with Crippen LogP contribution in [0.2, 0.25) is 0 Å². The van der Waals surface area contributed by atoms with Crippen molar-refractivity contribution >= 4 is 13.9 Å². The highest BCUT2D eigenvalue weighted by Crippen LogP contribution is 2.13. The first kappa shape index (κ1) is 17.3. The normalized spacial score (nSPS) is 10.1. The summed E-state index contributed by atoms with van der Waals surface area (Å²) >= 11 is 0. The third kappa shape index (κ3) is 7.03. The van der Waals surface area contributed by atoms with Crippen molar-refractivity contribution in [1.82, 2.24) is 5.32 Å². The predicted molar refractivity (Wildman–Crippen MR) is 87.8 cm³/mol. The number of ether oxygens (including phenoxy) is 1. The van der Waals surface area contributed by atoms with Crippen LogP contribution in [0.5, 0.6) is 0 Å². The van der Waals surface area contributed by atoms with Gasteiger partial charge in [0.15, 0.2) is 0 Å². The maximum absolute atomic E-state index is 11.2. The van der Waals surface area contributed by atoms with Gasteiger partial charge >= 0.3 is 6.09 Å². The number of hydrogen-bond acceptors (Lipinski definition) is 2. The van der Waals surface area contributed by atoms with Crippen molar-refractivity contribution in [1.29, 1.82) is 0 Å². The molecular weight excluding hydrogens is 261 g/mol. The highest BCUT2D eigenvalue weighted by atomic mass is 16.5. The Labute approximate surface area is 129 Å². The number of nitrogens with one attached hydrogen (secondary N) is 1. The summed E-state index contributed by atoms with van der Waals surface area (Å²) in [6, 6.07) is 6.58. The monoisotopic (exact) mass is 285 g/mol. The van der Waals surface area contributed by atoms with Crippen molar-refractivity contribution in [3.63, 3.8) is 0 Å². The molecule has 0 fully saturated rings. The zero-order chi connectivity index (χ0) is 15.5. The molecular formula is C17H24BNO2. The quantitative estimate of drug-likeness (QED) is 0.430. The Morgan fingerprint density at radius 2 is 2.00 bits per heavy atom. The lowest BCUT2D eigenvalue weighted by Gasteiger charge is -2.08. The second kappa shape index (κ2) is 10.1. The molecule has 0 aliphatic heterocycles. The topological polar surface area (TPSA) is 38.3 Å². The first-order chi connectivity index (χ1) is 10.2. The molecule has 0 heterocycles. The van der Waals surface area contributed by atoms with Gasteiger partial charge in [0.05, 0.1) is 7.85 Å². The first-order valence-electron chi connectivity index (χ1n) is 7.53. The highest BCUT2D eigenvalue weighted by molar-refractivity contribution is 6.08. The molecule has 112 valence electrons. The second-order valence-corrected chi connectivity index (χ2v) is 4.99. The Morgan fingerprint density at radius 3 is 2.67 bits per heavy atom. The van der Waals surface area contributed by atoms with Crippen LogP contribution in [0.1, 0.15) is 36.5 Å². The number of rotatable bonds is 9. The average Bonchev–Trinajstić information content (AvgIpc) is 2.52. The van der Waals surface area contributed by atoms with Crippen LogP contribution in [-0.2, 0) is 23.9 Å². The number of alkyl carbamates (subject to hydrolysis) is 1. The Hall–Kier alpha value is -1.71. The molecule has 1 rings (SSSR count). The van der Waals surface area contributed by atoms with Crippen molar-refractivity contribution in [2.75, 3.05) is 13.2 Å². The molecule has 1 amide bonds. The van der Waals surface area contributed by atoms with Gasteiger partial charge in [-0.3, -0.25) is 0 Å². The number of carbonyl (C=O) groups excluding carboxylic acids is 1. The molecule has 0 spiro atoms. The number of benzene rings is 1. The van der Waals surface area contributed by atoms with Crippen LogP contribution in [0.15, 0.2) is 30.9 Å². The molecule has 21 heavy (non-hydrogen) atoms. The van der Waals surface area contributed by atoms with Crippen LogP contribution in [0.25, 0.3) is 0 Å². The molecule has 2 radical (unpaired) electrons. The summed E-state index contributed by atoms with van der Waals surface area (Å²) in [5, 5.41) is 2.72. The molecule has 0 saturated heterocycles. The number of amides is 1. The van der Waals surface area contributed by atoms with Gasteiger partial charge in [-0.2, -0.15) is 0 Å². The Bertz CT molecular complexity index is 438. The van der Waals surface area contributed by atoms with E-state index in [9.17, 15) is 4.79 Å². The van der Waals surface area contributed by atoms with E-state index in [2.05, 4.69) is 37.0 Å². The summed E-state index contributed by atoms with van der Waals surface area (Å²) < 4.78 is 4.83. The number of unbranched alkanes of at least 4 members (excludes halogenated alkanes) is 1. The third-order valence-electron chi connectivity index (χ3n) is 3.25. The van der Waals surface area contributed by atoms with E-state index in [1.54, 1.807) is 6.08 Å². The molecule has 1 aromatic rings. The van der Waals surface area contributed by atoms with Gasteiger partial charge in [0.25, 0.3) is 0 Å². The zero-order valence-corrected chi connectivity index (χ0v) is 12.9. The van der Waals surface area contributed by atoms with Crippen LogP contribution in [0, 0.1) is 0 Å². The van der Waals surface area contributed by atoms with Crippen LogP contribution in [0.3, 0.4) is 0 Å². The molecule has 4 heteroatoms. The van der Waals surface area contributed by atoms with Crippen molar-refractivity contribution in [2.45, 2.75) is 38.9 Å². The van der Waals surface area contributed by atoms with E-state index in [0.717, 1.165) is 25.7 Å². The largest absolute Gasteiger partial charge is 0.445 e. The number of carbonyl (C=O) groups is 1. The summed E-state index contributed by atoms with van der Waals surface area (Å²) in [5.41, 5.74) is 3.85. The van der Waals surface area contributed by atoms with Crippen molar-refractivity contribution in [3.05, 3.63) is 47.5 Å². The summed E-state index contributed by atoms with van der Waals surface area (Å²) in [4.78, 5) is 11.2. The molecule has 0 aromatic heterocycles. The fourth-order valence-corrected chi connectivity index (χ4v) is 2.14. The van der Waals surface area contributed by atoms with Gasteiger partial charge < -0.3 is 10.1 Å². The molecule has 0 aliphatic rings. The summed E-state index contributed by atoms with van der Waals surface area (Å²) in [7, 11) is 5.72. The lowest BCUT2D eigenvalue weighted by molar-refractivity contribution is 0.158. The smallest absolute Gasteiger partial charge is 0.407 e. The SMILES string of the molecule is [B]Cc1cc(CC)cc(CCCCNC(=O)OCC=C)c1. The van der Waals surface area contributed by atoms with Crippen molar-refractivity contribution in [3.8, 4) is 0 Å². The minimum Gasteiger partial charge on any atom is -0.445 e. The summed E-state index contributed by atoms with van der Waals surface area (Å²) in [6.45, 7) is 6.52. The lowest BCUT2D eigenvalue weighted by atomic mass is 9.92. The zero-order valence-electron chi connectivity index (χ0n) is 12.9. The maximum atomic E-state index is 11.2. The van der Waals surface area contributed by atoms with Gasteiger partial charge in [0.1, 0.15) is 6.61 Å². The van der Waals surface area contributed by atoms with E-state index in [0.29, 0.717) is 12.9 Å². The van der Waals surface area contributed by atoms with Gasteiger partial charge in [-0.25, -0.2) is 4.79 Å². The maximum Gasteiger partial charge on any atom is 0.407 e. The van der Waals surface area contributed by atoms with Crippen LogP contribution < -0.4 is 5.32 Å². The van der Waals surface area contributed by atoms with Crippen molar-refractivity contribution in [2.24, 2.45) is 0 Å². The van der Waals surface area contributed by atoms with Gasteiger partial charge in [0.2, 0.25) is 0 Å². The molecule has 0 aliphatic carbocycles. The average molecular weight is 285 g/mol. The van der Waals surface area contributed by atoms with E-state index in [4.69, 9.17) is 12.6 Å². The molecule has 3 nitrogen and oxygen atoms in total. The molecule has 0 atom stereocenters. The molecule has 1 aromatic carbocycles. The summed E-state index contributed by atoms with van der Waals surface area (Å²) in [6.07, 6.45) is 5.73. The van der Waals surface area contributed by atoms with E-state index in [-0.39, 0.29) is 12.7 Å². The molecule has 0 bridgehead atoms. The van der Waals surface area contributed by atoms with Crippen LogP contribution in [0.4, 0.5) is 4.79 Å². The molecule has 0 saturated carbocycles. The molecule has 1 N–H and O–H groups in total. The van der Waals surface area contributed by atoms with Gasteiger partial charge in [-0.1, -0.05) is 49.7 Å². The Balaban J connectivity index is 2.29. The van der Waals surface area contributed by atoms with Crippen molar-refractivity contribution < 1.29 is 9.53 Å². The van der Waals surface area contributed by atoms with E-state index in [1.165, 1.54) is 16.7 Å². The second-order valence-electron chi connectivity index (χ2n) is 4.99. The van der Waals surface area contributed by atoms with E-state index < -0.39 is 0 Å². The fourth-order valence-electron chi connectivity index (χ4n) is 2.14. The summed E-state index contributed by atoms with van der Waals surface area (Å²) in [5.74, 6) is 0. The Morgan fingerprint density at radius 1 is 1.29 bits per heavy atom. The van der Waals surface area contributed by atoms with E-state index >= 15 is 0 Å². The minimum absolute atomic E-state index is 0.248. The standard InChI is InChI=1S/C17H24BNO2/c1-3-9-21-17(20)19-8-6-5-7-15-10-14(4-2)11-16(12-15)13-18/h3,10-12H,1,4-9,13H2,2H3,(H,19,20). The predicted octanol–water partition coefficient (Wildman–Crippen LogP) is 3.15. The molecule has 0 unspecified atom stereocenters.